The zero-order chi connectivity index (χ0) is 12.4. The molecule has 5 heteroatoms. The molecule has 0 saturated carbocycles. The van der Waals surface area contributed by atoms with E-state index in [9.17, 15) is 14.0 Å². The van der Waals surface area contributed by atoms with Crippen molar-refractivity contribution in [3.8, 4) is 0 Å². The average molecular weight is 235 g/mol. The number of carbonyl (C=O) groups excluding carboxylic acids is 1. The first-order valence-corrected chi connectivity index (χ1v) is 5.11. The molecule has 0 aliphatic rings. The van der Waals surface area contributed by atoms with E-state index < -0.39 is 11.8 Å². The van der Waals surface area contributed by atoms with Gasteiger partial charge in [-0.2, -0.15) is 0 Å². The molecular weight excluding hydrogens is 225 g/mol. The van der Waals surface area contributed by atoms with Gasteiger partial charge in [-0.3, -0.25) is 4.79 Å². The molecule has 0 atom stereocenters. The van der Waals surface area contributed by atoms with Crippen LogP contribution < -0.4 is 5.43 Å². The van der Waals surface area contributed by atoms with Crippen molar-refractivity contribution in [1.29, 1.82) is 0 Å². The normalized spacial score (nSPS) is 10.5. The number of hydrogen-bond acceptors (Lipinski definition) is 3. The van der Waals surface area contributed by atoms with Crippen LogP contribution in [0.3, 0.4) is 0 Å². The second-order valence-electron chi connectivity index (χ2n) is 3.46. The second-order valence-corrected chi connectivity index (χ2v) is 3.46. The second kappa shape index (κ2) is 4.37. The van der Waals surface area contributed by atoms with Gasteiger partial charge in [-0.15, -0.1) is 0 Å². The maximum absolute atomic E-state index is 13.0. The third-order valence-corrected chi connectivity index (χ3v) is 2.29. The highest BCUT2D eigenvalue weighted by atomic mass is 19.1. The number of aromatic nitrogens is 1. The monoisotopic (exact) mass is 235 g/mol. The molecule has 1 heterocycles. The lowest BCUT2D eigenvalue weighted by atomic mass is 10.2. The summed E-state index contributed by atoms with van der Waals surface area (Å²) in [5, 5.41) is 0.333. The molecule has 0 aliphatic heterocycles. The largest absolute Gasteiger partial charge is 0.461 e. The predicted molar refractivity (Wildman–Crippen MR) is 60.5 cm³/mol. The van der Waals surface area contributed by atoms with E-state index in [1.807, 2.05) is 0 Å². The number of benzene rings is 1. The lowest BCUT2D eigenvalue weighted by molar-refractivity contribution is 0.0520. The minimum absolute atomic E-state index is 0.0231. The van der Waals surface area contributed by atoms with Crippen molar-refractivity contribution >= 4 is 16.9 Å². The Morgan fingerprint density at radius 1 is 1.41 bits per heavy atom. The van der Waals surface area contributed by atoms with Crippen molar-refractivity contribution in [3.63, 3.8) is 0 Å². The number of esters is 1. The number of rotatable bonds is 2. The van der Waals surface area contributed by atoms with Crippen molar-refractivity contribution < 1.29 is 13.9 Å². The summed E-state index contributed by atoms with van der Waals surface area (Å²) in [6.45, 7) is 1.87. The number of aromatic amines is 1. The first kappa shape index (κ1) is 11.3. The van der Waals surface area contributed by atoms with Crippen LogP contribution in [0.4, 0.5) is 4.39 Å². The molecule has 0 spiro atoms. The Balaban J connectivity index is 2.61. The van der Waals surface area contributed by atoms with Crippen LogP contribution in [0.25, 0.3) is 10.9 Å². The van der Waals surface area contributed by atoms with E-state index in [0.717, 1.165) is 6.07 Å². The number of pyridine rings is 1. The minimum Gasteiger partial charge on any atom is -0.461 e. The molecule has 0 radical (unpaired) electrons. The summed E-state index contributed by atoms with van der Waals surface area (Å²) in [6.07, 6.45) is 0. The summed E-state index contributed by atoms with van der Waals surface area (Å²) in [6, 6.07) is 4.89. The molecular formula is C12H10FNO3. The van der Waals surface area contributed by atoms with Crippen molar-refractivity contribution in [3.05, 3.63) is 46.0 Å². The Kier molecular flexibility index (Phi) is 2.91. The van der Waals surface area contributed by atoms with Crippen LogP contribution in [0.1, 0.15) is 17.4 Å². The molecule has 17 heavy (non-hydrogen) atoms. The van der Waals surface area contributed by atoms with E-state index in [0.29, 0.717) is 5.39 Å². The molecule has 1 N–H and O–H groups in total. The summed E-state index contributed by atoms with van der Waals surface area (Å²) >= 11 is 0. The SMILES string of the molecule is CCOC(=O)c1cc(=O)c2ccc(F)cc2[nH]1. The summed E-state index contributed by atoms with van der Waals surface area (Å²) in [7, 11) is 0. The molecule has 2 aromatic rings. The Labute approximate surface area is 96.0 Å². The fourth-order valence-corrected chi connectivity index (χ4v) is 1.54. The highest BCUT2D eigenvalue weighted by Gasteiger charge is 2.10. The van der Waals surface area contributed by atoms with Gasteiger partial charge in [-0.1, -0.05) is 0 Å². The number of carbonyl (C=O) groups is 1. The van der Waals surface area contributed by atoms with Crippen LogP contribution in [0, 0.1) is 5.82 Å². The van der Waals surface area contributed by atoms with E-state index in [2.05, 4.69) is 4.98 Å². The smallest absolute Gasteiger partial charge is 0.354 e. The van der Waals surface area contributed by atoms with Gasteiger partial charge >= 0.3 is 5.97 Å². The van der Waals surface area contributed by atoms with Gasteiger partial charge in [0.25, 0.3) is 0 Å². The highest BCUT2D eigenvalue weighted by molar-refractivity contribution is 5.90. The number of ether oxygens (including phenoxy) is 1. The Morgan fingerprint density at radius 3 is 2.88 bits per heavy atom. The Hall–Kier alpha value is -2.17. The van der Waals surface area contributed by atoms with Gasteiger partial charge in [0.05, 0.1) is 12.1 Å². The van der Waals surface area contributed by atoms with E-state index >= 15 is 0 Å². The third kappa shape index (κ3) is 2.18. The Bertz CT molecular complexity index is 633. The van der Waals surface area contributed by atoms with Gasteiger partial charge in [0.15, 0.2) is 5.43 Å². The molecule has 0 amide bonds. The van der Waals surface area contributed by atoms with Crippen molar-refractivity contribution in [2.45, 2.75) is 6.92 Å². The van der Waals surface area contributed by atoms with Gasteiger partial charge in [0.2, 0.25) is 0 Å². The molecule has 0 bridgehead atoms. The van der Waals surface area contributed by atoms with Crippen LogP contribution in [-0.2, 0) is 4.74 Å². The van der Waals surface area contributed by atoms with Gasteiger partial charge in [-0.25, -0.2) is 9.18 Å². The summed E-state index contributed by atoms with van der Waals surface area (Å²) in [5.74, 6) is -1.11. The fourth-order valence-electron chi connectivity index (χ4n) is 1.54. The molecule has 2 rings (SSSR count). The van der Waals surface area contributed by atoms with Crippen molar-refractivity contribution in [1.82, 2.24) is 4.98 Å². The molecule has 0 aliphatic carbocycles. The maximum atomic E-state index is 13.0. The number of hydrogen-bond donors (Lipinski definition) is 1. The first-order valence-electron chi connectivity index (χ1n) is 5.11. The number of halogens is 1. The van der Waals surface area contributed by atoms with Gasteiger partial charge in [0, 0.05) is 11.5 Å². The topological polar surface area (TPSA) is 59.2 Å². The van der Waals surface area contributed by atoms with Gasteiger partial charge in [-0.05, 0) is 25.1 Å². The van der Waals surface area contributed by atoms with Crippen molar-refractivity contribution in [2.75, 3.05) is 6.61 Å². The van der Waals surface area contributed by atoms with Crippen LogP contribution in [0.15, 0.2) is 29.1 Å². The number of nitrogens with one attached hydrogen (secondary N) is 1. The minimum atomic E-state index is -0.629. The molecule has 1 aromatic heterocycles. The standard InChI is InChI=1S/C12H10FNO3/c1-2-17-12(16)10-6-11(15)8-4-3-7(13)5-9(8)14-10/h3-6H,2H2,1H3,(H,14,15). The van der Waals surface area contributed by atoms with Crippen LogP contribution >= 0.6 is 0 Å². The van der Waals surface area contributed by atoms with Crippen molar-refractivity contribution in [2.24, 2.45) is 0 Å². The van der Waals surface area contributed by atoms with Crippen LogP contribution in [0.5, 0.6) is 0 Å². The number of fused-ring (bicyclic) bond motifs is 1. The summed E-state index contributed by atoms with van der Waals surface area (Å²) in [4.78, 5) is 25.8. The fraction of sp³-hybridized carbons (Fsp3) is 0.167. The first-order chi connectivity index (χ1) is 8.11. The maximum Gasteiger partial charge on any atom is 0.354 e. The quantitative estimate of drug-likeness (QED) is 0.808. The molecule has 88 valence electrons. The van der Waals surface area contributed by atoms with Crippen LogP contribution in [0.2, 0.25) is 0 Å². The lowest BCUT2D eigenvalue weighted by Gasteiger charge is -2.03. The molecule has 4 nitrogen and oxygen atoms in total. The zero-order valence-corrected chi connectivity index (χ0v) is 9.12. The zero-order valence-electron chi connectivity index (χ0n) is 9.12. The average Bonchev–Trinajstić information content (AvgIpc) is 2.28. The third-order valence-electron chi connectivity index (χ3n) is 2.29. The molecule has 0 unspecified atom stereocenters. The van der Waals surface area contributed by atoms with Crippen LogP contribution in [-0.4, -0.2) is 17.6 Å². The van der Waals surface area contributed by atoms with Gasteiger partial charge in [0.1, 0.15) is 11.5 Å². The lowest BCUT2D eigenvalue weighted by Crippen LogP contribution is -2.12. The molecule has 0 saturated heterocycles. The predicted octanol–water partition coefficient (Wildman–Crippen LogP) is 1.84. The molecule has 1 aromatic carbocycles. The summed E-state index contributed by atoms with van der Waals surface area (Å²) < 4.78 is 17.8. The van der Waals surface area contributed by atoms with E-state index in [-0.39, 0.29) is 23.2 Å². The Morgan fingerprint density at radius 2 is 2.18 bits per heavy atom. The van der Waals surface area contributed by atoms with E-state index in [1.54, 1.807) is 6.92 Å². The molecule has 0 fully saturated rings. The van der Waals surface area contributed by atoms with E-state index in [4.69, 9.17) is 4.74 Å². The number of H-pyrrole nitrogens is 1. The van der Waals surface area contributed by atoms with Gasteiger partial charge < -0.3 is 9.72 Å². The van der Waals surface area contributed by atoms with E-state index in [1.165, 1.54) is 18.2 Å². The highest BCUT2D eigenvalue weighted by Crippen LogP contribution is 2.10. The summed E-state index contributed by atoms with van der Waals surface area (Å²) in [5.41, 5.74) is -0.0442.